The summed E-state index contributed by atoms with van der Waals surface area (Å²) in [6.07, 6.45) is 11.5. The molecule has 0 fully saturated rings. The van der Waals surface area contributed by atoms with E-state index >= 15 is 0 Å². The molecule has 0 N–H and O–H groups in total. The molecule has 0 aromatic heterocycles. The number of carbonyl (C=O) groups excluding carboxylic acids is 1. The first-order valence-electron chi connectivity index (χ1n) is 10.8. The van der Waals surface area contributed by atoms with E-state index in [-0.39, 0.29) is 5.97 Å². The molecule has 0 unspecified atom stereocenters. The summed E-state index contributed by atoms with van der Waals surface area (Å²) < 4.78 is 12.5. The van der Waals surface area contributed by atoms with Gasteiger partial charge in [-0.25, -0.2) is 0 Å². The van der Waals surface area contributed by atoms with E-state index < -0.39 is 16.6 Å². The van der Waals surface area contributed by atoms with E-state index in [1.165, 1.54) is 48.9 Å². The maximum atomic E-state index is 12.5. The van der Waals surface area contributed by atoms with Crippen molar-refractivity contribution >= 4 is 33.0 Å². The van der Waals surface area contributed by atoms with Crippen LogP contribution in [0.4, 0.5) is 0 Å². The van der Waals surface area contributed by atoms with Gasteiger partial charge in [0.2, 0.25) is 8.32 Å². The highest BCUT2D eigenvalue weighted by atomic mass is 28.4. The Balaban J connectivity index is 2.19. The van der Waals surface area contributed by atoms with E-state index in [2.05, 4.69) is 50.5 Å². The van der Waals surface area contributed by atoms with Crippen LogP contribution in [0.2, 0.25) is 26.2 Å². The maximum Gasteiger partial charge on any atom is 0.292 e. The van der Waals surface area contributed by atoms with Crippen LogP contribution in [0, 0.1) is 0 Å². The van der Waals surface area contributed by atoms with E-state index in [0.717, 1.165) is 25.9 Å². The summed E-state index contributed by atoms with van der Waals surface area (Å²) in [7, 11) is -4.33. The van der Waals surface area contributed by atoms with Crippen LogP contribution in [-0.4, -0.2) is 29.2 Å². The number of fused-ring (bicyclic) bond motifs is 1. The second-order valence-corrected chi connectivity index (χ2v) is 16.4. The van der Waals surface area contributed by atoms with Crippen molar-refractivity contribution in [2.45, 2.75) is 90.4 Å². The van der Waals surface area contributed by atoms with Crippen molar-refractivity contribution in [2.75, 3.05) is 6.61 Å². The van der Waals surface area contributed by atoms with Crippen LogP contribution in [-0.2, 0) is 13.6 Å². The fraction of sp³-hybridized carbons (Fsp3) is 0.682. The smallest absolute Gasteiger partial charge is 0.292 e. The van der Waals surface area contributed by atoms with Crippen molar-refractivity contribution < 1.29 is 13.6 Å². The third-order valence-electron chi connectivity index (χ3n) is 5.58. The summed E-state index contributed by atoms with van der Waals surface area (Å²) in [5.41, 5.74) is 0. The van der Waals surface area contributed by atoms with E-state index in [4.69, 9.17) is 8.85 Å². The van der Waals surface area contributed by atoms with Gasteiger partial charge in [-0.05, 0) is 49.4 Å². The van der Waals surface area contributed by atoms with Gasteiger partial charge < -0.3 is 8.85 Å². The standard InChI is InChI=1S/C22H38O3Si2/c1-26(2)20-16-13-14-17-21(20)27(3,4)25-22(23)18-12-10-8-6-5-7-9-11-15-19-24-26/h13-14,16-17H,5-12,15,18-19H2,1-4H3. The molecule has 2 rings (SSSR count). The lowest BCUT2D eigenvalue weighted by molar-refractivity contribution is -0.135. The van der Waals surface area contributed by atoms with Crippen molar-refractivity contribution in [2.24, 2.45) is 0 Å². The summed E-state index contributed by atoms with van der Waals surface area (Å²) in [4.78, 5) is 12.5. The summed E-state index contributed by atoms with van der Waals surface area (Å²) in [6, 6.07) is 8.51. The minimum absolute atomic E-state index is 0.0250. The first-order chi connectivity index (χ1) is 12.8. The average molecular weight is 407 g/mol. The van der Waals surface area contributed by atoms with Crippen LogP contribution in [0.25, 0.3) is 0 Å². The molecule has 0 spiro atoms. The molecule has 3 nitrogen and oxygen atoms in total. The molecule has 0 radical (unpaired) electrons. The second kappa shape index (κ2) is 10.6. The normalized spacial score (nSPS) is 22.7. The number of carbonyl (C=O) groups is 1. The highest BCUT2D eigenvalue weighted by Gasteiger charge is 2.37. The Bertz CT molecular complexity index is 599. The molecular formula is C22H38O3Si2. The van der Waals surface area contributed by atoms with Crippen LogP contribution in [0.3, 0.4) is 0 Å². The minimum atomic E-state index is -2.30. The third-order valence-corrected chi connectivity index (χ3v) is 11.0. The predicted octanol–water partition coefficient (Wildman–Crippen LogP) is 4.99. The van der Waals surface area contributed by atoms with Gasteiger partial charge in [0, 0.05) is 13.0 Å². The van der Waals surface area contributed by atoms with Crippen LogP contribution < -0.4 is 10.4 Å². The second-order valence-electron chi connectivity index (χ2n) is 8.82. The van der Waals surface area contributed by atoms with Gasteiger partial charge in [0.15, 0.2) is 0 Å². The van der Waals surface area contributed by atoms with Crippen LogP contribution in [0.15, 0.2) is 24.3 Å². The zero-order valence-corrected chi connectivity index (χ0v) is 19.8. The van der Waals surface area contributed by atoms with E-state index in [9.17, 15) is 4.79 Å². The molecule has 0 bridgehead atoms. The van der Waals surface area contributed by atoms with Gasteiger partial charge in [-0.15, -0.1) is 0 Å². The molecule has 1 aromatic carbocycles. The fourth-order valence-electron chi connectivity index (χ4n) is 3.94. The number of hydrogen-bond acceptors (Lipinski definition) is 3. The Morgan fingerprint density at radius 3 is 1.78 bits per heavy atom. The molecule has 0 atom stereocenters. The third kappa shape index (κ3) is 7.20. The molecule has 0 saturated carbocycles. The zero-order valence-electron chi connectivity index (χ0n) is 17.8. The Kier molecular flexibility index (Phi) is 8.77. The van der Waals surface area contributed by atoms with E-state index in [1.807, 2.05) is 0 Å². The lowest BCUT2D eigenvalue weighted by atomic mass is 10.1. The maximum absolute atomic E-state index is 12.5. The van der Waals surface area contributed by atoms with E-state index in [0.29, 0.717) is 6.42 Å². The van der Waals surface area contributed by atoms with Crippen LogP contribution in [0.5, 0.6) is 0 Å². The topological polar surface area (TPSA) is 35.5 Å². The Morgan fingerprint density at radius 2 is 1.19 bits per heavy atom. The van der Waals surface area contributed by atoms with Gasteiger partial charge in [-0.1, -0.05) is 69.2 Å². The molecule has 0 aliphatic carbocycles. The van der Waals surface area contributed by atoms with Gasteiger partial charge in [-0.2, -0.15) is 0 Å². The van der Waals surface area contributed by atoms with Crippen molar-refractivity contribution in [3.8, 4) is 0 Å². The fourth-order valence-corrected chi connectivity index (χ4v) is 9.79. The quantitative estimate of drug-likeness (QED) is 0.570. The molecule has 152 valence electrons. The highest BCUT2D eigenvalue weighted by Crippen LogP contribution is 2.15. The Hall–Kier alpha value is -0.916. The first-order valence-corrected chi connectivity index (χ1v) is 16.6. The molecule has 5 heteroatoms. The predicted molar refractivity (Wildman–Crippen MR) is 119 cm³/mol. The molecule has 27 heavy (non-hydrogen) atoms. The number of rotatable bonds is 0. The molecule has 1 heterocycles. The van der Waals surface area contributed by atoms with Gasteiger partial charge in [0.25, 0.3) is 14.3 Å². The van der Waals surface area contributed by atoms with Gasteiger partial charge >= 0.3 is 0 Å². The summed E-state index contributed by atoms with van der Waals surface area (Å²) in [5.74, 6) is -0.0250. The lowest BCUT2D eigenvalue weighted by Crippen LogP contribution is -2.61. The van der Waals surface area contributed by atoms with Gasteiger partial charge in [0.1, 0.15) is 0 Å². The Morgan fingerprint density at radius 1 is 0.704 bits per heavy atom. The molecule has 1 aromatic rings. The Labute approximate surface area is 168 Å². The van der Waals surface area contributed by atoms with Crippen LogP contribution >= 0.6 is 0 Å². The zero-order chi connectivity index (χ0) is 19.8. The summed E-state index contributed by atoms with van der Waals surface area (Å²) in [6.45, 7) is 9.68. The minimum Gasteiger partial charge on any atom is -0.515 e. The van der Waals surface area contributed by atoms with Crippen molar-refractivity contribution in [1.82, 2.24) is 0 Å². The lowest BCUT2D eigenvalue weighted by Gasteiger charge is -2.31. The first kappa shape index (κ1) is 22.4. The number of benzene rings is 1. The summed E-state index contributed by atoms with van der Waals surface area (Å²) in [5, 5.41) is 2.53. The largest absolute Gasteiger partial charge is 0.515 e. The highest BCUT2D eigenvalue weighted by molar-refractivity contribution is 6.95. The molecule has 0 amide bonds. The van der Waals surface area contributed by atoms with E-state index in [1.54, 1.807) is 0 Å². The van der Waals surface area contributed by atoms with Crippen LogP contribution in [0.1, 0.15) is 64.2 Å². The summed E-state index contributed by atoms with van der Waals surface area (Å²) >= 11 is 0. The van der Waals surface area contributed by atoms with Gasteiger partial charge in [0.05, 0.1) is 0 Å². The molecule has 1 aliphatic rings. The van der Waals surface area contributed by atoms with Crippen molar-refractivity contribution in [3.63, 3.8) is 0 Å². The average Bonchev–Trinajstić information content (AvgIpc) is 2.61. The monoisotopic (exact) mass is 406 g/mol. The molecular weight excluding hydrogens is 368 g/mol. The molecule has 1 aliphatic heterocycles. The molecule has 0 saturated heterocycles. The number of hydrogen-bond donors (Lipinski definition) is 0. The van der Waals surface area contributed by atoms with Crippen molar-refractivity contribution in [1.29, 1.82) is 0 Å². The van der Waals surface area contributed by atoms with Gasteiger partial charge in [-0.3, -0.25) is 4.79 Å². The van der Waals surface area contributed by atoms with Crippen molar-refractivity contribution in [3.05, 3.63) is 24.3 Å². The SMILES string of the molecule is C[Si]1(C)OCCCCCCCCCCCC(=O)O[Si](C)(C)c2ccccc21.